The van der Waals surface area contributed by atoms with Crippen LogP contribution in [0.15, 0.2) is 6.20 Å². The molecule has 0 saturated carbocycles. The average Bonchev–Trinajstić information content (AvgIpc) is 2.55. The first-order valence-corrected chi connectivity index (χ1v) is 4.35. The van der Waals surface area contributed by atoms with E-state index < -0.39 is 6.04 Å². The van der Waals surface area contributed by atoms with Crippen LogP contribution >= 0.6 is 11.5 Å². The van der Waals surface area contributed by atoms with E-state index in [0.717, 1.165) is 11.5 Å². The molecule has 1 aromatic rings. The van der Waals surface area contributed by atoms with E-state index >= 15 is 0 Å². The van der Waals surface area contributed by atoms with Gasteiger partial charge in [0.05, 0.1) is 12.2 Å². The average molecular weight is 186 g/mol. The van der Waals surface area contributed by atoms with Crippen molar-refractivity contribution in [3.63, 3.8) is 0 Å². The maximum atomic E-state index is 11.2. The number of aromatic nitrogens is 2. The third kappa shape index (κ3) is 2.24. The van der Waals surface area contributed by atoms with Gasteiger partial charge in [0.1, 0.15) is 5.00 Å². The Morgan fingerprint density at radius 2 is 2.67 bits per heavy atom. The zero-order valence-corrected chi connectivity index (χ0v) is 7.47. The lowest BCUT2D eigenvalue weighted by molar-refractivity contribution is -0.117. The molecule has 1 rings (SSSR count). The van der Waals surface area contributed by atoms with Gasteiger partial charge in [-0.1, -0.05) is 11.4 Å². The summed E-state index contributed by atoms with van der Waals surface area (Å²) >= 11 is 1.13. The van der Waals surface area contributed by atoms with Gasteiger partial charge in [-0.05, 0) is 6.42 Å². The number of carbonyl (C=O) groups excluding carboxylic acids is 1. The maximum Gasteiger partial charge on any atom is 0.241 e. The molecule has 5 nitrogen and oxygen atoms in total. The van der Waals surface area contributed by atoms with Crippen LogP contribution in [0.4, 0.5) is 5.00 Å². The fourth-order valence-corrected chi connectivity index (χ4v) is 1.04. The molecule has 0 aliphatic carbocycles. The number of hydrogen-bond acceptors (Lipinski definition) is 5. The molecular formula is C6H10N4OS. The van der Waals surface area contributed by atoms with Crippen molar-refractivity contribution < 1.29 is 4.79 Å². The van der Waals surface area contributed by atoms with Crippen LogP contribution in [0.5, 0.6) is 0 Å². The summed E-state index contributed by atoms with van der Waals surface area (Å²) in [5, 5.41) is 6.80. The minimum absolute atomic E-state index is 0.191. The molecular weight excluding hydrogens is 176 g/mol. The van der Waals surface area contributed by atoms with E-state index in [2.05, 4.69) is 14.9 Å². The Morgan fingerprint density at radius 1 is 1.92 bits per heavy atom. The molecule has 1 amide bonds. The molecule has 3 N–H and O–H groups in total. The molecule has 1 atom stereocenters. The third-order valence-corrected chi connectivity index (χ3v) is 1.96. The number of carbonyl (C=O) groups is 1. The largest absolute Gasteiger partial charge is 0.320 e. The Morgan fingerprint density at radius 3 is 3.17 bits per heavy atom. The first-order valence-electron chi connectivity index (χ1n) is 3.58. The fourth-order valence-electron chi connectivity index (χ4n) is 0.622. The molecule has 0 fully saturated rings. The van der Waals surface area contributed by atoms with Crippen molar-refractivity contribution in [2.75, 3.05) is 5.32 Å². The standard InChI is InChI=1S/C6H10N4OS/c1-2-4(7)6(11)9-5-3-8-10-12-5/h3-4H,2,7H2,1H3,(H,9,11). The summed E-state index contributed by atoms with van der Waals surface area (Å²) in [7, 11) is 0. The second-order valence-corrected chi connectivity index (χ2v) is 3.07. The van der Waals surface area contributed by atoms with Crippen LogP contribution in [0.3, 0.4) is 0 Å². The number of hydrogen-bond donors (Lipinski definition) is 2. The summed E-state index contributed by atoms with van der Waals surface area (Å²) < 4.78 is 3.60. The van der Waals surface area contributed by atoms with Crippen molar-refractivity contribution >= 4 is 22.4 Å². The number of anilines is 1. The maximum absolute atomic E-state index is 11.2. The summed E-state index contributed by atoms with van der Waals surface area (Å²) in [6.07, 6.45) is 2.11. The Balaban J connectivity index is 2.47. The Hall–Kier alpha value is -1.01. The first kappa shape index (κ1) is 9.08. The molecule has 66 valence electrons. The minimum atomic E-state index is -0.452. The van der Waals surface area contributed by atoms with Gasteiger partial charge in [0.15, 0.2) is 0 Å². The van der Waals surface area contributed by atoms with Crippen LogP contribution in [0.2, 0.25) is 0 Å². The highest BCUT2D eigenvalue weighted by molar-refractivity contribution is 7.10. The van der Waals surface area contributed by atoms with Crippen molar-refractivity contribution in [2.24, 2.45) is 5.73 Å². The molecule has 1 unspecified atom stereocenters. The molecule has 6 heteroatoms. The quantitative estimate of drug-likeness (QED) is 0.707. The van der Waals surface area contributed by atoms with Gasteiger partial charge < -0.3 is 11.1 Å². The smallest absolute Gasteiger partial charge is 0.241 e. The molecule has 0 spiro atoms. The third-order valence-electron chi connectivity index (χ3n) is 1.38. The zero-order valence-electron chi connectivity index (χ0n) is 6.65. The number of nitrogens with zero attached hydrogens (tertiary/aromatic N) is 2. The van der Waals surface area contributed by atoms with E-state index in [9.17, 15) is 4.79 Å². The summed E-state index contributed by atoms with van der Waals surface area (Å²) in [6.45, 7) is 1.86. The predicted molar refractivity (Wildman–Crippen MR) is 46.8 cm³/mol. The molecule has 0 bridgehead atoms. The predicted octanol–water partition coefficient (Wildman–Crippen LogP) is 0.214. The van der Waals surface area contributed by atoms with Crippen LogP contribution in [-0.4, -0.2) is 21.5 Å². The van der Waals surface area contributed by atoms with Crippen LogP contribution in [0.25, 0.3) is 0 Å². The highest BCUT2D eigenvalue weighted by atomic mass is 32.1. The van der Waals surface area contributed by atoms with Gasteiger partial charge >= 0.3 is 0 Å². The molecule has 0 aromatic carbocycles. The number of nitrogens with two attached hydrogens (primary N) is 1. The van der Waals surface area contributed by atoms with Crippen molar-refractivity contribution in [3.8, 4) is 0 Å². The van der Waals surface area contributed by atoms with Crippen LogP contribution in [0, 0.1) is 0 Å². The first-order chi connectivity index (χ1) is 5.74. The van der Waals surface area contributed by atoms with Gasteiger partial charge in [-0.15, -0.1) is 5.10 Å². The van der Waals surface area contributed by atoms with Gasteiger partial charge in [0.2, 0.25) is 5.91 Å². The van der Waals surface area contributed by atoms with Crippen molar-refractivity contribution in [3.05, 3.63) is 6.20 Å². The van der Waals surface area contributed by atoms with E-state index in [1.54, 1.807) is 0 Å². The van der Waals surface area contributed by atoms with Crippen LogP contribution in [-0.2, 0) is 4.79 Å². The molecule has 12 heavy (non-hydrogen) atoms. The van der Waals surface area contributed by atoms with Crippen molar-refractivity contribution in [1.82, 2.24) is 9.59 Å². The summed E-state index contributed by atoms with van der Waals surface area (Å²) in [5.74, 6) is -0.191. The summed E-state index contributed by atoms with van der Waals surface area (Å²) in [6, 6.07) is -0.452. The van der Waals surface area contributed by atoms with Gasteiger partial charge in [-0.25, -0.2) is 0 Å². The lowest BCUT2D eigenvalue weighted by atomic mass is 10.2. The van der Waals surface area contributed by atoms with Crippen molar-refractivity contribution in [2.45, 2.75) is 19.4 Å². The highest BCUT2D eigenvalue weighted by Gasteiger charge is 2.11. The second-order valence-electron chi connectivity index (χ2n) is 2.29. The van der Waals surface area contributed by atoms with Crippen LogP contribution < -0.4 is 11.1 Å². The molecule has 0 radical (unpaired) electrons. The van der Waals surface area contributed by atoms with Gasteiger partial charge in [-0.2, -0.15) is 0 Å². The van der Waals surface area contributed by atoms with E-state index in [0.29, 0.717) is 11.4 Å². The number of amides is 1. The monoisotopic (exact) mass is 186 g/mol. The molecule has 1 aromatic heterocycles. The number of rotatable bonds is 3. The Kier molecular flexibility index (Phi) is 3.12. The minimum Gasteiger partial charge on any atom is -0.320 e. The molecule has 0 saturated heterocycles. The lowest BCUT2D eigenvalue weighted by Crippen LogP contribution is -2.34. The number of nitrogens with one attached hydrogen (secondary N) is 1. The molecule has 0 aliphatic rings. The summed E-state index contributed by atoms with van der Waals surface area (Å²) in [5.41, 5.74) is 5.48. The normalized spacial score (nSPS) is 12.5. The molecule has 0 aliphatic heterocycles. The Labute approximate surface area is 74.1 Å². The van der Waals surface area contributed by atoms with Crippen molar-refractivity contribution in [1.29, 1.82) is 0 Å². The topological polar surface area (TPSA) is 80.9 Å². The lowest BCUT2D eigenvalue weighted by Gasteiger charge is -2.06. The van der Waals surface area contributed by atoms with Gasteiger partial charge in [0, 0.05) is 11.5 Å². The highest BCUT2D eigenvalue weighted by Crippen LogP contribution is 2.09. The fraction of sp³-hybridized carbons (Fsp3) is 0.500. The van der Waals surface area contributed by atoms with Gasteiger partial charge in [0.25, 0.3) is 0 Å². The van der Waals surface area contributed by atoms with E-state index in [-0.39, 0.29) is 5.91 Å². The molecule has 1 heterocycles. The summed E-state index contributed by atoms with van der Waals surface area (Å²) in [4.78, 5) is 11.2. The zero-order chi connectivity index (χ0) is 8.97. The van der Waals surface area contributed by atoms with Crippen LogP contribution in [0.1, 0.15) is 13.3 Å². The van der Waals surface area contributed by atoms with E-state index in [1.165, 1.54) is 6.20 Å². The van der Waals surface area contributed by atoms with E-state index in [4.69, 9.17) is 5.73 Å². The van der Waals surface area contributed by atoms with E-state index in [1.807, 2.05) is 6.92 Å². The van der Waals surface area contributed by atoms with Gasteiger partial charge in [-0.3, -0.25) is 4.79 Å². The second kappa shape index (κ2) is 4.13. The Bertz CT molecular complexity index is 248. The SMILES string of the molecule is CCC(N)C(=O)Nc1cnns1.